The highest BCUT2D eigenvalue weighted by Crippen LogP contribution is 2.14. The number of hydrogen-bond acceptors (Lipinski definition) is 4. The van der Waals surface area contributed by atoms with E-state index < -0.39 is 4.92 Å². The van der Waals surface area contributed by atoms with E-state index in [1.54, 1.807) is 0 Å². The summed E-state index contributed by atoms with van der Waals surface area (Å²) in [6.07, 6.45) is 0.717. The van der Waals surface area contributed by atoms with Crippen molar-refractivity contribution < 1.29 is 9.72 Å². The third kappa shape index (κ3) is 2.82. The van der Waals surface area contributed by atoms with Crippen LogP contribution in [0, 0.1) is 10.1 Å². The molecule has 7 nitrogen and oxygen atoms in total. The number of nitrogens with one attached hydrogen (secondary N) is 1. The quantitative estimate of drug-likeness (QED) is 0.574. The maximum Gasteiger partial charge on any atom is 0.323 e. The zero-order chi connectivity index (χ0) is 13.0. The summed E-state index contributed by atoms with van der Waals surface area (Å²) in [5, 5.41) is 13.3. The van der Waals surface area contributed by atoms with Crippen LogP contribution < -0.4 is 11.1 Å². The van der Waals surface area contributed by atoms with Crippen LogP contribution in [0.1, 0.15) is 23.8 Å². The number of nitrogens with zero attached hydrogens (tertiary/aromatic N) is 2. The number of amides is 1. The molecule has 0 spiro atoms. The van der Waals surface area contributed by atoms with Crippen LogP contribution in [0.15, 0.2) is 12.1 Å². The molecule has 1 aromatic heterocycles. The van der Waals surface area contributed by atoms with E-state index in [1.165, 1.54) is 23.7 Å². The minimum Gasteiger partial charge on any atom is -0.358 e. The molecule has 1 atom stereocenters. The number of nitrogens with two attached hydrogens (primary N) is 1. The molecule has 0 aliphatic heterocycles. The minimum absolute atomic E-state index is 0.114. The zero-order valence-corrected chi connectivity index (χ0v) is 9.84. The summed E-state index contributed by atoms with van der Waals surface area (Å²) in [7, 11) is 1.48. The van der Waals surface area contributed by atoms with E-state index in [2.05, 4.69) is 5.32 Å². The van der Waals surface area contributed by atoms with E-state index in [4.69, 9.17) is 5.73 Å². The van der Waals surface area contributed by atoms with Gasteiger partial charge in [0.05, 0.1) is 7.05 Å². The van der Waals surface area contributed by atoms with Gasteiger partial charge in [-0.1, -0.05) is 6.92 Å². The van der Waals surface area contributed by atoms with Crippen LogP contribution >= 0.6 is 0 Å². The van der Waals surface area contributed by atoms with Gasteiger partial charge < -0.3 is 21.2 Å². The summed E-state index contributed by atoms with van der Waals surface area (Å²) in [6, 6.07) is 2.62. The molecule has 0 aromatic carbocycles. The van der Waals surface area contributed by atoms with Crippen LogP contribution in [0.2, 0.25) is 0 Å². The Kier molecular flexibility index (Phi) is 4.22. The van der Waals surface area contributed by atoms with Crippen molar-refractivity contribution in [2.45, 2.75) is 19.4 Å². The van der Waals surface area contributed by atoms with Crippen molar-refractivity contribution in [1.82, 2.24) is 9.88 Å². The lowest BCUT2D eigenvalue weighted by molar-refractivity contribution is -0.391. The van der Waals surface area contributed by atoms with Gasteiger partial charge >= 0.3 is 5.82 Å². The summed E-state index contributed by atoms with van der Waals surface area (Å²) in [6.45, 7) is 2.25. The van der Waals surface area contributed by atoms with Gasteiger partial charge in [-0.15, -0.1) is 0 Å². The molecule has 0 radical (unpaired) electrons. The predicted molar refractivity (Wildman–Crippen MR) is 62.7 cm³/mol. The van der Waals surface area contributed by atoms with Gasteiger partial charge in [0.15, 0.2) is 5.69 Å². The van der Waals surface area contributed by atoms with Crippen molar-refractivity contribution in [3.8, 4) is 0 Å². The number of aromatic nitrogens is 1. The third-order valence-electron chi connectivity index (χ3n) is 2.63. The second-order valence-electron chi connectivity index (χ2n) is 3.71. The van der Waals surface area contributed by atoms with E-state index in [1.807, 2.05) is 6.92 Å². The van der Waals surface area contributed by atoms with Crippen LogP contribution in [-0.4, -0.2) is 28.0 Å². The molecule has 0 aliphatic carbocycles. The average molecular weight is 240 g/mol. The number of carbonyl (C=O) groups is 1. The van der Waals surface area contributed by atoms with Crippen LogP contribution in [0.3, 0.4) is 0 Å². The van der Waals surface area contributed by atoms with Gasteiger partial charge in [0.2, 0.25) is 0 Å². The number of carbonyl (C=O) groups excluding carboxylic acids is 1. The zero-order valence-electron chi connectivity index (χ0n) is 9.84. The first-order valence-corrected chi connectivity index (χ1v) is 5.32. The molecular weight excluding hydrogens is 224 g/mol. The van der Waals surface area contributed by atoms with Crippen molar-refractivity contribution in [2.75, 3.05) is 6.54 Å². The van der Waals surface area contributed by atoms with Gasteiger partial charge in [0, 0.05) is 18.7 Å². The largest absolute Gasteiger partial charge is 0.358 e. The maximum absolute atomic E-state index is 11.8. The molecule has 0 saturated carbocycles. The first-order chi connectivity index (χ1) is 8.01. The Morgan fingerprint density at radius 3 is 2.71 bits per heavy atom. The lowest BCUT2D eigenvalue weighted by atomic mass is 10.2. The standard InChI is InChI=1S/C10H16N4O3/c1-3-7(6-11)12-10(15)8-4-5-9(13(8)2)14(16)17/h4-5,7H,3,6,11H2,1-2H3,(H,12,15). The summed E-state index contributed by atoms with van der Waals surface area (Å²) in [5.41, 5.74) is 5.72. The van der Waals surface area contributed by atoms with Crippen molar-refractivity contribution in [3.63, 3.8) is 0 Å². The Hall–Kier alpha value is -1.89. The summed E-state index contributed by atoms with van der Waals surface area (Å²) in [5.74, 6) is -0.464. The first kappa shape index (κ1) is 13.2. The fourth-order valence-corrected chi connectivity index (χ4v) is 1.50. The predicted octanol–water partition coefficient (Wildman–Crippen LogP) is 0.400. The second-order valence-corrected chi connectivity index (χ2v) is 3.71. The maximum atomic E-state index is 11.8. The molecule has 3 N–H and O–H groups in total. The summed E-state index contributed by atoms with van der Waals surface area (Å²) < 4.78 is 1.25. The van der Waals surface area contributed by atoms with Crippen LogP contribution in [0.5, 0.6) is 0 Å². The third-order valence-corrected chi connectivity index (χ3v) is 2.63. The van der Waals surface area contributed by atoms with E-state index in [0.717, 1.165) is 6.42 Å². The topological polar surface area (TPSA) is 103 Å². The normalized spacial score (nSPS) is 12.2. The van der Waals surface area contributed by atoms with E-state index >= 15 is 0 Å². The van der Waals surface area contributed by atoms with Gasteiger partial charge in [-0.3, -0.25) is 4.79 Å². The van der Waals surface area contributed by atoms with Crippen molar-refractivity contribution in [3.05, 3.63) is 27.9 Å². The Balaban J connectivity index is 2.86. The summed E-state index contributed by atoms with van der Waals surface area (Å²) in [4.78, 5) is 21.9. The molecule has 1 amide bonds. The lowest BCUT2D eigenvalue weighted by Gasteiger charge is -2.13. The first-order valence-electron chi connectivity index (χ1n) is 5.32. The average Bonchev–Trinajstić information content (AvgIpc) is 2.67. The van der Waals surface area contributed by atoms with E-state index in [-0.39, 0.29) is 23.5 Å². The highest BCUT2D eigenvalue weighted by Gasteiger charge is 2.21. The molecule has 0 fully saturated rings. The van der Waals surface area contributed by atoms with E-state index in [0.29, 0.717) is 6.54 Å². The second kappa shape index (κ2) is 5.44. The Morgan fingerprint density at radius 2 is 2.29 bits per heavy atom. The van der Waals surface area contributed by atoms with Crippen molar-refractivity contribution >= 4 is 11.7 Å². The molecule has 94 valence electrons. The van der Waals surface area contributed by atoms with Gasteiger partial charge in [0.1, 0.15) is 0 Å². The molecule has 1 aromatic rings. The van der Waals surface area contributed by atoms with Gasteiger partial charge in [-0.25, -0.2) is 4.57 Å². The Labute approximate surface area is 98.7 Å². The monoisotopic (exact) mass is 240 g/mol. The Morgan fingerprint density at radius 1 is 1.65 bits per heavy atom. The molecule has 0 bridgehead atoms. The molecule has 0 aliphatic rings. The molecular formula is C10H16N4O3. The molecule has 17 heavy (non-hydrogen) atoms. The van der Waals surface area contributed by atoms with Gasteiger partial charge in [-0.2, -0.15) is 0 Å². The lowest BCUT2D eigenvalue weighted by Crippen LogP contribution is -2.40. The van der Waals surface area contributed by atoms with Crippen molar-refractivity contribution in [1.29, 1.82) is 0 Å². The fraction of sp³-hybridized carbons (Fsp3) is 0.500. The SMILES string of the molecule is CCC(CN)NC(=O)c1ccc([N+](=O)[O-])n1C. The molecule has 7 heteroatoms. The summed E-state index contributed by atoms with van der Waals surface area (Å²) >= 11 is 0. The molecule has 0 saturated heterocycles. The highest BCUT2D eigenvalue weighted by atomic mass is 16.6. The fourth-order valence-electron chi connectivity index (χ4n) is 1.50. The van der Waals surface area contributed by atoms with Gasteiger partial charge in [-0.05, 0) is 17.4 Å². The van der Waals surface area contributed by atoms with Crippen LogP contribution in [-0.2, 0) is 7.05 Å². The Bertz CT molecular complexity index is 423. The highest BCUT2D eigenvalue weighted by molar-refractivity contribution is 5.93. The van der Waals surface area contributed by atoms with Gasteiger partial charge in [0.25, 0.3) is 5.91 Å². The molecule has 1 rings (SSSR count). The number of rotatable bonds is 5. The van der Waals surface area contributed by atoms with Crippen molar-refractivity contribution in [2.24, 2.45) is 12.8 Å². The van der Waals surface area contributed by atoms with E-state index in [9.17, 15) is 14.9 Å². The smallest absolute Gasteiger partial charge is 0.323 e. The number of nitro groups is 1. The van der Waals surface area contributed by atoms with Crippen LogP contribution in [0.25, 0.3) is 0 Å². The molecule has 1 unspecified atom stereocenters. The molecule has 1 heterocycles. The minimum atomic E-state index is -0.531. The number of hydrogen-bond donors (Lipinski definition) is 2. The van der Waals surface area contributed by atoms with Crippen LogP contribution in [0.4, 0.5) is 5.82 Å².